The molecule has 2 amide bonds. The molecular weight excluding hydrogens is 348 g/mol. The molecule has 0 radical (unpaired) electrons. The average Bonchev–Trinajstić information content (AvgIpc) is 2.71. The molecule has 0 bridgehead atoms. The number of hydrogen-bond donors (Lipinski definition) is 2. The summed E-state index contributed by atoms with van der Waals surface area (Å²) in [5.74, 6) is 0.530. The zero-order chi connectivity index (χ0) is 19.2. The topological polar surface area (TPSA) is 130 Å². The molecule has 1 atom stereocenters. The van der Waals surface area contributed by atoms with Crippen molar-refractivity contribution in [2.75, 3.05) is 29.0 Å². The maximum absolute atomic E-state index is 11.9. The number of carbonyl (C=O) groups excluding carboxylic acids is 2. The Morgan fingerprint density at radius 2 is 2.11 bits per heavy atom. The van der Waals surface area contributed by atoms with Gasteiger partial charge in [-0.1, -0.05) is 6.58 Å². The average molecular weight is 368 g/mol. The molecular formula is C17H20N8O2. The number of anilines is 4. The van der Waals surface area contributed by atoms with Crippen molar-refractivity contribution in [1.29, 1.82) is 0 Å². The molecule has 0 aliphatic carbocycles. The number of hydrogen-bond acceptors (Lipinski definition) is 8. The van der Waals surface area contributed by atoms with Crippen LogP contribution in [0.5, 0.6) is 0 Å². The number of nitrogens with two attached hydrogens (primary N) is 1. The number of aromatic nitrogens is 4. The Morgan fingerprint density at radius 1 is 1.33 bits per heavy atom. The van der Waals surface area contributed by atoms with Crippen molar-refractivity contribution >= 4 is 35.6 Å². The lowest BCUT2D eigenvalue weighted by molar-refractivity contribution is -0.127. The van der Waals surface area contributed by atoms with E-state index in [1.807, 2.05) is 0 Å². The van der Waals surface area contributed by atoms with Gasteiger partial charge in [-0.25, -0.2) is 24.8 Å². The van der Waals surface area contributed by atoms with Gasteiger partial charge in [-0.3, -0.25) is 9.59 Å². The van der Waals surface area contributed by atoms with E-state index in [1.54, 1.807) is 11.0 Å². The summed E-state index contributed by atoms with van der Waals surface area (Å²) in [6.45, 7) is 4.71. The maximum atomic E-state index is 11.9. The summed E-state index contributed by atoms with van der Waals surface area (Å²) in [5.41, 5.74) is 6.28. The molecule has 3 heterocycles. The predicted octanol–water partition coefficient (Wildman–Crippen LogP) is 0.732. The van der Waals surface area contributed by atoms with Gasteiger partial charge in [0.05, 0.1) is 0 Å². The summed E-state index contributed by atoms with van der Waals surface area (Å²) in [7, 11) is 0. The van der Waals surface area contributed by atoms with Crippen molar-refractivity contribution in [3.8, 4) is 0 Å². The lowest BCUT2D eigenvalue weighted by Gasteiger charge is -2.33. The first-order chi connectivity index (χ1) is 13.1. The predicted molar refractivity (Wildman–Crippen MR) is 100 cm³/mol. The number of nitrogens with one attached hydrogen (secondary N) is 1. The molecule has 3 N–H and O–H groups in total. The summed E-state index contributed by atoms with van der Waals surface area (Å²) < 4.78 is 0. The Kier molecular flexibility index (Phi) is 5.55. The Bertz CT molecular complexity index is 829. The van der Waals surface area contributed by atoms with Gasteiger partial charge in [0.25, 0.3) is 0 Å². The van der Waals surface area contributed by atoms with E-state index >= 15 is 0 Å². The van der Waals surface area contributed by atoms with Crippen LogP contribution in [0.2, 0.25) is 0 Å². The van der Waals surface area contributed by atoms with Gasteiger partial charge in [0.1, 0.15) is 12.0 Å². The number of nitrogens with zero attached hydrogens (tertiary/aromatic N) is 6. The van der Waals surface area contributed by atoms with Crippen molar-refractivity contribution in [2.45, 2.75) is 18.9 Å². The second-order valence-electron chi connectivity index (χ2n) is 5.95. The number of amides is 2. The van der Waals surface area contributed by atoms with Crippen LogP contribution in [0.15, 0.2) is 37.4 Å². The quantitative estimate of drug-likeness (QED) is 0.564. The Hall–Kier alpha value is -3.56. The van der Waals surface area contributed by atoms with Gasteiger partial charge in [0.2, 0.25) is 18.3 Å². The van der Waals surface area contributed by atoms with Gasteiger partial charge in [-0.05, 0) is 25.0 Å². The molecule has 1 aliphatic rings. The fourth-order valence-corrected chi connectivity index (χ4v) is 2.97. The van der Waals surface area contributed by atoms with Crippen LogP contribution in [0.1, 0.15) is 12.8 Å². The maximum Gasteiger partial charge on any atom is 0.246 e. The number of likely N-dealkylation sites (tertiary alicyclic amines) is 1. The monoisotopic (exact) mass is 368 g/mol. The molecule has 0 unspecified atom stereocenters. The Morgan fingerprint density at radius 3 is 2.81 bits per heavy atom. The Labute approximate surface area is 156 Å². The number of piperidine rings is 1. The third kappa shape index (κ3) is 4.00. The van der Waals surface area contributed by atoms with Crippen molar-refractivity contribution in [2.24, 2.45) is 0 Å². The van der Waals surface area contributed by atoms with Crippen LogP contribution in [0, 0.1) is 0 Å². The zero-order valence-electron chi connectivity index (χ0n) is 14.7. The molecule has 1 saturated heterocycles. The first-order valence-electron chi connectivity index (χ1n) is 8.44. The van der Waals surface area contributed by atoms with E-state index in [2.05, 4.69) is 31.8 Å². The highest BCUT2D eigenvalue weighted by Gasteiger charge is 2.26. The van der Waals surface area contributed by atoms with Crippen molar-refractivity contribution in [3.63, 3.8) is 0 Å². The molecule has 0 aromatic carbocycles. The molecule has 1 aliphatic heterocycles. The molecule has 10 heteroatoms. The van der Waals surface area contributed by atoms with Crippen LogP contribution in [-0.2, 0) is 9.59 Å². The molecule has 3 rings (SSSR count). The van der Waals surface area contributed by atoms with E-state index in [4.69, 9.17) is 5.73 Å². The lowest BCUT2D eigenvalue weighted by atomic mass is 10.1. The highest BCUT2D eigenvalue weighted by Crippen LogP contribution is 2.32. The summed E-state index contributed by atoms with van der Waals surface area (Å²) in [6.07, 6.45) is 7.89. The highest BCUT2D eigenvalue weighted by atomic mass is 16.2. The third-order valence-corrected chi connectivity index (χ3v) is 4.21. The smallest absolute Gasteiger partial charge is 0.246 e. The summed E-state index contributed by atoms with van der Waals surface area (Å²) in [4.78, 5) is 42.9. The molecule has 27 heavy (non-hydrogen) atoms. The summed E-state index contributed by atoms with van der Waals surface area (Å²) in [6, 6.07) is 1.59. The number of rotatable bonds is 6. The molecule has 0 spiro atoms. The third-order valence-electron chi connectivity index (χ3n) is 4.21. The van der Waals surface area contributed by atoms with Crippen LogP contribution in [-0.4, -0.2) is 56.3 Å². The Balaban J connectivity index is 1.88. The van der Waals surface area contributed by atoms with E-state index in [1.165, 1.54) is 29.7 Å². The SMILES string of the molecule is C=CC(=O)N1CCC[C@@H](Nc2ncnc(N)c2N(C=O)c2ncccn2)C1. The minimum Gasteiger partial charge on any atom is -0.382 e. The van der Waals surface area contributed by atoms with E-state index in [0.717, 1.165) is 12.8 Å². The highest BCUT2D eigenvalue weighted by molar-refractivity contribution is 5.93. The molecule has 10 nitrogen and oxygen atoms in total. The molecule has 2 aromatic rings. The van der Waals surface area contributed by atoms with Crippen molar-refractivity contribution < 1.29 is 9.59 Å². The number of nitrogen functional groups attached to an aromatic ring is 1. The van der Waals surface area contributed by atoms with E-state index in [0.29, 0.717) is 25.3 Å². The first kappa shape index (κ1) is 18.2. The first-order valence-corrected chi connectivity index (χ1v) is 8.44. The fraction of sp³-hybridized carbons (Fsp3) is 0.294. The van der Waals surface area contributed by atoms with Crippen molar-refractivity contribution in [3.05, 3.63) is 37.4 Å². The van der Waals surface area contributed by atoms with Gasteiger partial charge in [-0.2, -0.15) is 0 Å². The van der Waals surface area contributed by atoms with E-state index in [9.17, 15) is 9.59 Å². The van der Waals surface area contributed by atoms with Gasteiger partial charge >= 0.3 is 0 Å². The van der Waals surface area contributed by atoms with Crippen molar-refractivity contribution in [1.82, 2.24) is 24.8 Å². The molecule has 2 aromatic heterocycles. The molecule has 140 valence electrons. The van der Waals surface area contributed by atoms with E-state index < -0.39 is 0 Å². The standard InChI is InChI=1S/C17H20N8O2/c1-2-13(27)24-8-3-5-12(9-24)23-16-14(15(18)21-10-22-16)25(11-26)17-19-6-4-7-20-17/h2,4,6-7,10-12H,1,3,5,8-9H2,(H3,18,21,22,23)/t12-/m1/s1. The second-order valence-corrected chi connectivity index (χ2v) is 5.95. The minimum atomic E-state index is -0.115. The minimum absolute atomic E-state index is 0.0547. The van der Waals surface area contributed by atoms with Crippen LogP contribution in [0.4, 0.5) is 23.3 Å². The molecule has 0 saturated carbocycles. The van der Waals surface area contributed by atoms with Gasteiger partial charge in [0, 0.05) is 31.5 Å². The van der Waals surface area contributed by atoms with Crippen LogP contribution < -0.4 is 16.0 Å². The normalized spacial score (nSPS) is 16.4. The summed E-state index contributed by atoms with van der Waals surface area (Å²) >= 11 is 0. The number of carbonyl (C=O) groups is 2. The zero-order valence-corrected chi connectivity index (χ0v) is 14.7. The molecule has 1 fully saturated rings. The van der Waals surface area contributed by atoms with Crippen LogP contribution >= 0.6 is 0 Å². The van der Waals surface area contributed by atoms with Crippen LogP contribution in [0.3, 0.4) is 0 Å². The van der Waals surface area contributed by atoms with Gasteiger partial charge in [0.15, 0.2) is 11.6 Å². The van der Waals surface area contributed by atoms with Gasteiger partial charge in [-0.15, -0.1) is 0 Å². The summed E-state index contributed by atoms with van der Waals surface area (Å²) in [5, 5.41) is 3.27. The fourth-order valence-electron chi connectivity index (χ4n) is 2.97. The van der Waals surface area contributed by atoms with Crippen LogP contribution in [0.25, 0.3) is 0 Å². The van der Waals surface area contributed by atoms with Gasteiger partial charge < -0.3 is 16.0 Å². The largest absolute Gasteiger partial charge is 0.382 e. The van der Waals surface area contributed by atoms with E-state index in [-0.39, 0.29) is 29.4 Å². The lowest BCUT2D eigenvalue weighted by Crippen LogP contribution is -2.44. The second kappa shape index (κ2) is 8.21.